The van der Waals surface area contributed by atoms with Gasteiger partial charge >= 0.3 is 6.03 Å². The minimum atomic E-state index is -0.824. The summed E-state index contributed by atoms with van der Waals surface area (Å²) in [7, 11) is 3.32. The van der Waals surface area contributed by atoms with Gasteiger partial charge in [-0.25, -0.2) is 4.79 Å². The molecule has 0 atom stereocenters. The Kier molecular flexibility index (Phi) is 5.61. The predicted octanol–water partition coefficient (Wildman–Crippen LogP) is 2.97. The maximum Gasteiger partial charge on any atom is 0.327 e. The SMILES string of the molecule is COc1ccc(CN2C(=O)N(C)C3(CCN(Cc4cc5ccccc5[nH]c4=O)CC3)C2=O)cc1. The minimum absolute atomic E-state index is 0.0890. The number of hydrogen-bond acceptors (Lipinski definition) is 5. The summed E-state index contributed by atoms with van der Waals surface area (Å²) < 4.78 is 5.19. The molecule has 0 saturated carbocycles. The van der Waals surface area contributed by atoms with Gasteiger partial charge in [0.15, 0.2) is 0 Å². The molecule has 0 radical (unpaired) electrons. The Hall–Kier alpha value is -3.65. The number of aromatic amines is 1. The third-order valence-electron chi connectivity index (χ3n) is 7.21. The third kappa shape index (κ3) is 3.74. The number of nitrogens with one attached hydrogen (secondary N) is 1. The van der Waals surface area contributed by atoms with Gasteiger partial charge in [-0.15, -0.1) is 0 Å². The van der Waals surface area contributed by atoms with Crippen LogP contribution in [0, 0.1) is 0 Å². The second-order valence-electron chi connectivity index (χ2n) is 9.10. The Morgan fingerprint density at radius 2 is 1.68 bits per heavy atom. The van der Waals surface area contributed by atoms with E-state index in [4.69, 9.17) is 4.74 Å². The lowest BCUT2D eigenvalue weighted by molar-refractivity contribution is -0.135. The van der Waals surface area contributed by atoms with Crippen LogP contribution in [0.1, 0.15) is 24.0 Å². The van der Waals surface area contributed by atoms with Gasteiger partial charge in [0.2, 0.25) is 0 Å². The van der Waals surface area contributed by atoms with Gasteiger partial charge in [0.05, 0.1) is 13.7 Å². The number of amides is 3. The summed E-state index contributed by atoms with van der Waals surface area (Å²) in [5.74, 6) is 0.591. The van der Waals surface area contributed by atoms with Crippen LogP contribution in [0.3, 0.4) is 0 Å². The van der Waals surface area contributed by atoms with E-state index in [1.807, 2.05) is 54.6 Å². The first kappa shape index (κ1) is 22.2. The van der Waals surface area contributed by atoms with Crippen LogP contribution in [-0.4, -0.2) is 64.4 Å². The number of hydrogen-bond donors (Lipinski definition) is 1. The Bertz CT molecular complexity index is 1290. The number of aromatic nitrogens is 1. The number of rotatable bonds is 5. The number of carbonyl (C=O) groups is 2. The molecule has 3 amide bonds. The fourth-order valence-electron chi connectivity index (χ4n) is 5.08. The molecule has 5 rings (SSSR count). The summed E-state index contributed by atoms with van der Waals surface area (Å²) in [6.45, 7) is 2.01. The van der Waals surface area contributed by atoms with Gasteiger partial charge < -0.3 is 14.6 Å². The van der Waals surface area contributed by atoms with Gasteiger partial charge in [0.1, 0.15) is 11.3 Å². The molecule has 3 aromatic rings. The second kappa shape index (κ2) is 8.61. The number of likely N-dealkylation sites (N-methyl/N-ethyl adjacent to an activating group) is 1. The van der Waals surface area contributed by atoms with Crippen molar-refractivity contribution in [3.05, 3.63) is 76.1 Å². The third-order valence-corrected chi connectivity index (χ3v) is 7.21. The number of pyridine rings is 1. The number of imide groups is 1. The van der Waals surface area contributed by atoms with Crippen LogP contribution in [0.2, 0.25) is 0 Å². The van der Waals surface area contributed by atoms with Crippen molar-refractivity contribution in [1.29, 1.82) is 0 Å². The fourth-order valence-corrected chi connectivity index (χ4v) is 5.08. The Balaban J connectivity index is 1.28. The van der Waals surface area contributed by atoms with Gasteiger partial charge in [-0.3, -0.25) is 19.4 Å². The van der Waals surface area contributed by atoms with E-state index in [2.05, 4.69) is 9.88 Å². The number of para-hydroxylation sites is 1. The average Bonchev–Trinajstić information content (AvgIpc) is 3.02. The molecule has 3 heterocycles. The standard InChI is InChI=1S/C26H28N4O4/c1-28-25(33)30(16-18-7-9-21(34-2)10-8-18)24(32)26(28)11-13-29(14-12-26)17-20-15-19-5-3-4-6-22(19)27-23(20)31/h3-10,15H,11-14,16-17H2,1-2H3,(H,27,31). The highest BCUT2D eigenvalue weighted by Crippen LogP contribution is 2.37. The van der Waals surface area contributed by atoms with Crippen molar-refractivity contribution in [2.45, 2.75) is 31.5 Å². The van der Waals surface area contributed by atoms with E-state index in [1.54, 1.807) is 19.1 Å². The predicted molar refractivity (Wildman–Crippen MR) is 129 cm³/mol. The molecular weight excluding hydrogens is 432 g/mol. The first-order valence-corrected chi connectivity index (χ1v) is 11.5. The fraction of sp³-hybridized carbons (Fsp3) is 0.346. The van der Waals surface area contributed by atoms with Crippen molar-refractivity contribution in [3.63, 3.8) is 0 Å². The van der Waals surface area contributed by atoms with Crippen molar-refractivity contribution in [2.24, 2.45) is 0 Å². The first-order valence-electron chi connectivity index (χ1n) is 11.5. The van der Waals surface area contributed by atoms with Crippen molar-refractivity contribution in [1.82, 2.24) is 19.7 Å². The van der Waals surface area contributed by atoms with Crippen molar-refractivity contribution >= 4 is 22.8 Å². The van der Waals surface area contributed by atoms with Gasteiger partial charge in [-0.2, -0.15) is 0 Å². The summed E-state index contributed by atoms with van der Waals surface area (Å²) in [5.41, 5.74) is 1.49. The number of likely N-dealkylation sites (tertiary alicyclic amines) is 1. The van der Waals surface area contributed by atoms with Gasteiger partial charge in [-0.1, -0.05) is 30.3 Å². The molecule has 34 heavy (non-hydrogen) atoms. The van der Waals surface area contributed by atoms with Crippen LogP contribution in [0.25, 0.3) is 10.9 Å². The topological polar surface area (TPSA) is 85.9 Å². The molecule has 2 fully saturated rings. The number of methoxy groups -OCH3 is 1. The molecule has 0 bridgehead atoms. The summed E-state index contributed by atoms with van der Waals surface area (Å²) in [4.78, 5) is 47.1. The Morgan fingerprint density at radius 1 is 0.971 bits per heavy atom. The summed E-state index contributed by atoms with van der Waals surface area (Å²) in [5, 5.41) is 0.996. The number of nitrogens with zero attached hydrogens (tertiary/aromatic N) is 3. The number of H-pyrrole nitrogens is 1. The summed E-state index contributed by atoms with van der Waals surface area (Å²) in [6, 6.07) is 16.8. The van der Waals surface area contributed by atoms with Crippen LogP contribution in [0.5, 0.6) is 5.75 Å². The van der Waals surface area contributed by atoms with Gasteiger partial charge in [0, 0.05) is 37.8 Å². The molecule has 8 nitrogen and oxygen atoms in total. The minimum Gasteiger partial charge on any atom is -0.497 e. The van der Waals surface area contributed by atoms with Crippen molar-refractivity contribution in [3.8, 4) is 5.75 Å². The molecule has 8 heteroatoms. The van der Waals surface area contributed by atoms with Gasteiger partial charge in [-0.05, 0) is 48.1 Å². The highest BCUT2D eigenvalue weighted by atomic mass is 16.5. The lowest BCUT2D eigenvalue weighted by atomic mass is 9.86. The van der Waals surface area contributed by atoms with E-state index < -0.39 is 5.54 Å². The Labute approximate surface area is 197 Å². The Morgan fingerprint density at radius 3 is 2.38 bits per heavy atom. The van der Waals surface area contributed by atoms with Crippen molar-refractivity contribution in [2.75, 3.05) is 27.2 Å². The molecule has 176 valence electrons. The number of fused-ring (bicyclic) bond motifs is 1. The van der Waals surface area contributed by atoms with E-state index in [-0.39, 0.29) is 24.0 Å². The smallest absolute Gasteiger partial charge is 0.327 e. The zero-order valence-electron chi connectivity index (χ0n) is 19.4. The highest BCUT2D eigenvalue weighted by Gasteiger charge is 2.56. The maximum atomic E-state index is 13.5. The molecule has 0 aliphatic carbocycles. The van der Waals surface area contributed by atoms with E-state index in [0.29, 0.717) is 38.0 Å². The molecule has 2 aliphatic heterocycles. The molecule has 1 N–H and O–H groups in total. The first-order chi connectivity index (χ1) is 16.4. The number of piperidine rings is 1. The monoisotopic (exact) mass is 460 g/mol. The second-order valence-corrected chi connectivity index (χ2v) is 9.10. The number of ether oxygens (including phenoxy) is 1. The van der Waals surface area contributed by atoms with E-state index in [0.717, 1.165) is 22.2 Å². The zero-order valence-corrected chi connectivity index (χ0v) is 19.4. The van der Waals surface area contributed by atoms with E-state index >= 15 is 0 Å². The number of benzene rings is 2. The normalized spacial score (nSPS) is 18.3. The molecule has 2 aliphatic rings. The molecule has 0 unspecified atom stereocenters. The van der Waals surface area contributed by atoms with Crippen LogP contribution in [0.4, 0.5) is 4.79 Å². The lowest BCUT2D eigenvalue weighted by Gasteiger charge is -2.40. The van der Waals surface area contributed by atoms with Crippen LogP contribution < -0.4 is 10.3 Å². The molecule has 1 aromatic heterocycles. The maximum absolute atomic E-state index is 13.5. The largest absolute Gasteiger partial charge is 0.497 e. The molecule has 2 aromatic carbocycles. The molecule has 1 spiro atoms. The number of carbonyl (C=O) groups excluding carboxylic acids is 2. The molecule has 2 saturated heterocycles. The van der Waals surface area contributed by atoms with Crippen LogP contribution in [-0.2, 0) is 17.9 Å². The zero-order chi connectivity index (χ0) is 23.9. The average molecular weight is 461 g/mol. The van der Waals surface area contributed by atoms with Crippen molar-refractivity contribution < 1.29 is 14.3 Å². The van der Waals surface area contributed by atoms with Crippen LogP contribution >= 0.6 is 0 Å². The summed E-state index contributed by atoms with van der Waals surface area (Å²) in [6.07, 6.45) is 1.08. The number of urea groups is 1. The quantitative estimate of drug-likeness (QED) is 0.592. The summed E-state index contributed by atoms with van der Waals surface area (Å²) >= 11 is 0. The lowest BCUT2D eigenvalue weighted by Crippen LogP contribution is -2.55. The van der Waals surface area contributed by atoms with Gasteiger partial charge in [0.25, 0.3) is 11.5 Å². The highest BCUT2D eigenvalue weighted by molar-refractivity contribution is 6.07. The van der Waals surface area contributed by atoms with E-state index in [1.165, 1.54) is 4.90 Å². The van der Waals surface area contributed by atoms with E-state index in [9.17, 15) is 14.4 Å². The molecular formula is C26H28N4O4. The van der Waals surface area contributed by atoms with Crippen LogP contribution in [0.15, 0.2) is 59.4 Å².